The topological polar surface area (TPSA) is 92.9 Å². The van der Waals surface area contributed by atoms with Gasteiger partial charge in [-0.05, 0) is 55.0 Å². The van der Waals surface area contributed by atoms with Gasteiger partial charge in [0.1, 0.15) is 18.1 Å². The van der Waals surface area contributed by atoms with Crippen molar-refractivity contribution in [1.82, 2.24) is 4.98 Å². The lowest BCUT2D eigenvalue weighted by molar-refractivity contribution is -0.117. The van der Waals surface area contributed by atoms with E-state index in [9.17, 15) is 14.7 Å². The summed E-state index contributed by atoms with van der Waals surface area (Å²) in [6.07, 6.45) is 1.63. The number of ether oxygens (including phenoxy) is 1. The molecule has 1 atom stereocenters. The summed E-state index contributed by atoms with van der Waals surface area (Å²) < 4.78 is 11.8. The van der Waals surface area contributed by atoms with Gasteiger partial charge in [0.2, 0.25) is 5.78 Å². The van der Waals surface area contributed by atoms with Crippen LogP contribution in [0.15, 0.2) is 83.0 Å². The van der Waals surface area contributed by atoms with Crippen molar-refractivity contribution in [2.24, 2.45) is 0 Å². The standard InChI is InChI=1S/C26H19ClN2O5S/c1-3-12-33-17-8-5-15(6-9-17)22-21(23(30)19-11-4-14(2)34-19)24(31)25(32)29(22)26-28-18-10-7-16(27)13-20(18)35-26/h3-11,13,22,31H,1,12H2,2H3. The number of furan rings is 1. The van der Waals surface area contributed by atoms with Crippen LogP contribution in [-0.4, -0.2) is 28.4 Å². The molecule has 4 aromatic rings. The largest absolute Gasteiger partial charge is 0.503 e. The number of aryl methyl sites for hydroxylation is 1. The van der Waals surface area contributed by atoms with Crippen LogP contribution in [-0.2, 0) is 4.79 Å². The first-order valence-corrected chi connectivity index (χ1v) is 11.8. The predicted octanol–water partition coefficient (Wildman–Crippen LogP) is 6.20. The molecule has 0 radical (unpaired) electrons. The average molecular weight is 507 g/mol. The number of benzene rings is 2. The number of aliphatic hydroxyl groups is 1. The Bertz CT molecular complexity index is 1500. The number of fused-ring (bicyclic) bond motifs is 1. The van der Waals surface area contributed by atoms with Crippen LogP contribution in [0.4, 0.5) is 5.13 Å². The molecule has 1 aliphatic rings. The zero-order chi connectivity index (χ0) is 24.7. The second-order valence-electron chi connectivity index (χ2n) is 7.86. The highest BCUT2D eigenvalue weighted by atomic mass is 35.5. The van der Waals surface area contributed by atoms with E-state index in [2.05, 4.69) is 11.6 Å². The molecule has 7 nitrogen and oxygen atoms in total. The minimum absolute atomic E-state index is 0.0331. The molecule has 0 fully saturated rings. The first-order chi connectivity index (χ1) is 16.9. The molecule has 1 aliphatic heterocycles. The Hall–Kier alpha value is -3.88. The Balaban J connectivity index is 1.63. The number of anilines is 1. The second kappa shape index (κ2) is 9.05. The maximum Gasteiger partial charge on any atom is 0.296 e. The number of amides is 1. The molecule has 176 valence electrons. The molecule has 1 unspecified atom stereocenters. The van der Waals surface area contributed by atoms with Gasteiger partial charge in [-0.1, -0.05) is 47.7 Å². The highest BCUT2D eigenvalue weighted by Crippen LogP contribution is 2.44. The van der Waals surface area contributed by atoms with E-state index in [0.29, 0.717) is 39.4 Å². The van der Waals surface area contributed by atoms with Gasteiger partial charge in [0, 0.05) is 5.02 Å². The summed E-state index contributed by atoms with van der Waals surface area (Å²) in [7, 11) is 0. The number of carbonyl (C=O) groups is 2. The highest BCUT2D eigenvalue weighted by molar-refractivity contribution is 7.22. The van der Waals surface area contributed by atoms with Gasteiger partial charge in [0.25, 0.3) is 5.91 Å². The summed E-state index contributed by atoms with van der Waals surface area (Å²) in [4.78, 5) is 32.7. The monoisotopic (exact) mass is 506 g/mol. The lowest BCUT2D eigenvalue weighted by atomic mass is 9.95. The van der Waals surface area contributed by atoms with Crippen LogP contribution in [0.25, 0.3) is 10.2 Å². The van der Waals surface area contributed by atoms with Crippen LogP contribution in [0.1, 0.15) is 27.9 Å². The van der Waals surface area contributed by atoms with Gasteiger partial charge >= 0.3 is 0 Å². The Morgan fingerprint density at radius 2 is 2.03 bits per heavy atom. The fourth-order valence-electron chi connectivity index (χ4n) is 3.93. The molecular weight excluding hydrogens is 488 g/mol. The van der Waals surface area contributed by atoms with E-state index < -0.39 is 23.5 Å². The van der Waals surface area contributed by atoms with E-state index >= 15 is 0 Å². The number of ketones is 1. The molecule has 3 heterocycles. The van der Waals surface area contributed by atoms with E-state index in [-0.39, 0.29) is 11.3 Å². The fraction of sp³-hybridized carbons (Fsp3) is 0.115. The van der Waals surface area contributed by atoms with Crippen molar-refractivity contribution in [3.63, 3.8) is 0 Å². The Morgan fingerprint density at radius 3 is 2.71 bits per heavy atom. The molecule has 2 aromatic heterocycles. The van der Waals surface area contributed by atoms with Gasteiger partial charge in [-0.25, -0.2) is 4.98 Å². The molecule has 2 aromatic carbocycles. The Labute approximate surface area is 209 Å². The summed E-state index contributed by atoms with van der Waals surface area (Å²) in [6.45, 7) is 5.68. The maximum absolute atomic E-state index is 13.4. The van der Waals surface area contributed by atoms with Crippen LogP contribution in [0.5, 0.6) is 5.75 Å². The molecule has 0 spiro atoms. The summed E-state index contributed by atoms with van der Waals surface area (Å²) in [6, 6.07) is 14.4. The minimum Gasteiger partial charge on any atom is -0.503 e. The molecule has 35 heavy (non-hydrogen) atoms. The second-order valence-corrected chi connectivity index (χ2v) is 9.30. The quantitative estimate of drug-likeness (QED) is 0.237. The number of Topliss-reactive ketones (excluding diaryl/α,β-unsaturated/α-hetero) is 1. The first-order valence-electron chi connectivity index (χ1n) is 10.6. The minimum atomic E-state index is -0.926. The van der Waals surface area contributed by atoms with Gasteiger partial charge in [-0.3, -0.25) is 14.5 Å². The summed E-state index contributed by atoms with van der Waals surface area (Å²) in [5.74, 6) is -0.768. The number of hydrogen-bond acceptors (Lipinski definition) is 7. The van der Waals surface area contributed by atoms with E-state index in [1.54, 1.807) is 61.5 Å². The maximum atomic E-state index is 13.4. The first kappa shape index (κ1) is 22.9. The number of nitrogens with zero attached hydrogens (tertiary/aromatic N) is 2. The van der Waals surface area contributed by atoms with Crippen LogP contribution in [0, 0.1) is 6.92 Å². The number of aliphatic hydroxyl groups excluding tert-OH is 1. The number of rotatable bonds is 7. The number of thiazole rings is 1. The summed E-state index contributed by atoms with van der Waals surface area (Å²) in [5.41, 5.74) is 1.16. The van der Waals surface area contributed by atoms with Crippen LogP contribution >= 0.6 is 22.9 Å². The van der Waals surface area contributed by atoms with E-state index in [1.165, 1.54) is 22.3 Å². The molecule has 0 bridgehead atoms. The van der Waals surface area contributed by atoms with E-state index in [1.807, 2.05) is 0 Å². The Morgan fingerprint density at radius 1 is 1.26 bits per heavy atom. The van der Waals surface area contributed by atoms with Crippen LogP contribution in [0.3, 0.4) is 0 Å². The number of carbonyl (C=O) groups excluding carboxylic acids is 2. The van der Waals surface area contributed by atoms with Crippen molar-refractivity contribution in [2.45, 2.75) is 13.0 Å². The molecule has 5 rings (SSSR count). The van der Waals surface area contributed by atoms with Gasteiger partial charge in [-0.2, -0.15) is 0 Å². The van der Waals surface area contributed by atoms with Crippen molar-refractivity contribution in [2.75, 3.05) is 11.5 Å². The number of hydrogen-bond donors (Lipinski definition) is 1. The molecule has 0 aliphatic carbocycles. The molecule has 9 heteroatoms. The van der Waals surface area contributed by atoms with Gasteiger partial charge < -0.3 is 14.3 Å². The normalized spacial score (nSPS) is 15.8. The van der Waals surface area contributed by atoms with Crippen molar-refractivity contribution >= 4 is 50.0 Å². The SMILES string of the molecule is C=CCOc1ccc(C2C(C(=O)c3ccc(C)o3)=C(O)C(=O)N2c2nc3ccc(Cl)cc3s2)cc1. The molecule has 1 N–H and O–H groups in total. The lowest BCUT2D eigenvalue weighted by Gasteiger charge is -2.24. The van der Waals surface area contributed by atoms with Crippen molar-refractivity contribution < 1.29 is 23.8 Å². The third-order valence-corrected chi connectivity index (χ3v) is 6.78. The molecule has 1 amide bonds. The van der Waals surface area contributed by atoms with Crippen LogP contribution in [0.2, 0.25) is 5.02 Å². The zero-order valence-electron chi connectivity index (χ0n) is 18.5. The van der Waals surface area contributed by atoms with Gasteiger partial charge in [-0.15, -0.1) is 0 Å². The van der Waals surface area contributed by atoms with Gasteiger partial charge in [0.05, 0.1) is 21.8 Å². The van der Waals surface area contributed by atoms with Crippen LogP contribution < -0.4 is 9.64 Å². The number of aromatic nitrogens is 1. The van der Waals surface area contributed by atoms with Crippen molar-refractivity contribution in [3.05, 3.63) is 101 Å². The third kappa shape index (κ3) is 4.11. The smallest absolute Gasteiger partial charge is 0.296 e. The summed E-state index contributed by atoms with van der Waals surface area (Å²) >= 11 is 7.37. The van der Waals surface area contributed by atoms with Crippen molar-refractivity contribution in [1.29, 1.82) is 0 Å². The average Bonchev–Trinajstić information content (AvgIpc) is 3.53. The van der Waals surface area contributed by atoms with Crippen molar-refractivity contribution in [3.8, 4) is 5.75 Å². The molecular formula is C26H19ClN2O5S. The third-order valence-electron chi connectivity index (χ3n) is 5.53. The predicted molar refractivity (Wildman–Crippen MR) is 134 cm³/mol. The van der Waals surface area contributed by atoms with E-state index in [0.717, 1.165) is 4.70 Å². The van der Waals surface area contributed by atoms with Gasteiger partial charge in [0.15, 0.2) is 16.7 Å². The zero-order valence-corrected chi connectivity index (χ0v) is 20.1. The fourth-order valence-corrected chi connectivity index (χ4v) is 5.20. The van der Waals surface area contributed by atoms with E-state index in [4.69, 9.17) is 20.8 Å². The number of halogens is 1. The molecule has 0 saturated carbocycles. The lowest BCUT2D eigenvalue weighted by Crippen LogP contribution is -2.30. The Kier molecular flexibility index (Phi) is 5.92. The molecule has 0 saturated heterocycles. The highest BCUT2D eigenvalue weighted by Gasteiger charge is 2.46. The summed E-state index contributed by atoms with van der Waals surface area (Å²) in [5, 5.41) is 11.8.